The smallest absolute Gasteiger partial charge is 0.320 e. The number of hydrogen-bond acceptors (Lipinski definition) is 4. The molecule has 4 rings (SSSR count). The molecule has 8 heteroatoms. The molecular weight excluding hydrogens is 331 g/mol. The lowest BCUT2D eigenvalue weighted by Gasteiger charge is -2.10. The van der Waals surface area contributed by atoms with E-state index in [4.69, 9.17) is 0 Å². The Labute approximate surface area is 141 Å². The van der Waals surface area contributed by atoms with Gasteiger partial charge in [-0.25, -0.2) is 19.3 Å². The summed E-state index contributed by atoms with van der Waals surface area (Å²) in [6.45, 7) is -2.77. The summed E-state index contributed by atoms with van der Waals surface area (Å²) >= 11 is 0. The van der Waals surface area contributed by atoms with E-state index in [1.54, 1.807) is 6.07 Å². The van der Waals surface area contributed by atoms with E-state index in [0.29, 0.717) is 28.9 Å². The third-order valence-corrected chi connectivity index (χ3v) is 3.93. The van der Waals surface area contributed by atoms with Crippen LogP contribution in [0.4, 0.5) is 19.1 Å². The lowest BCUT2D eigenvalue weighted by Crippen LogP contribution is -2.07. The molecule has 3 aromatic rings. The fourth-order valence-corrected chi connectivity index (χ4v) is 2.55. The van der Waals surface area contributed by atoms with E-state index >= 15 is 0 Å². The molecule has 0 atom stereocenters. The molecule has 25 heavy (non-hydrogen) atoms. The predicted molar refractivity (Wildman–Crippen MR) is 86.5 cm³/mol. The van der Waals surface area contributed by atoms with E-state index in [0.717, 1.165) is 23.7 Å². The SMILES string of the molecule is Fc1ccc(-c2ncn(C(F)F)c2-c2ccnc(NC3CC3)n2)cc1. The van der Waals surface area contributed by atoms with Crippen molar-refractivity contribution in [1.82, 2.24) is 19.5 Å². The van der Waals surface area contributed by atoms with Gasteiger partial charge in [0, 0.05) is 17.8 Å². The fraction of sp³-hybridized carbons (Fsp3) is 0.235. The third kappa shape index (κ3) is 3.19. The molecule has 5 nitrogen and oxygen atoms in total. The van der Waals surface area contributed by atoms with Crippen LogP contribution in [0.1, 0.15) is 19.4 Å². The maximum Gasteiger partial charge on any atom is 0.320 e. The highest BCUT2D eigenvalue weighted by Gasteiger charge is 2.24. The van der Waals surface area contributed by atoms with Gasteiger partial charge < -0.3 is 5.32 Å². The lowest BCUT2D eigenvalue weighted by molar-refractivity contribution is 0.0718. The van der Waals surface area contributed by atoms with Gasteiger partial charge in [-0.15, -0.1) is 0 Å². The number of alkyl halides is 2. The van der Waals surface area contributed by atoms with Gasteiger partial charge in [0.2, 0.25) is 5.95 Å². The summed E-state index contributed by atoms with van der Waals surface area (Å²) < 4.78 is 40.8. The first kappa shape index (κ1) is 15.6. The summed E-state index contributed by atoms with van der Waals surface area (Å²) in [6.07, 6.45) is 4.67. The molecule has 128 valence electrons. The van der Waals surface area contributed by atoms with Gasteiger partial charge in [-0.05, 0) is 43.2 Å². The van der Waals surface area contributed by atoms with E-state index in [2.05, 4.69) is 20.3 Å². The molecule has 2 heterocycles. The molecular formula is C17H14F3N5. The van der Waals surface area contributed by atoms with Crippen LogP contribution in [0.25, 0.3) is 22.6 Å². The first-order chi connectivity index (χ1) is 12.1. The van der Waals surface area contributed by atoms with Crippen molar-refractivity contribution in [2.45, 2.75) is 25.4 Å². The maximum absolute atomic E-state index is 13.4. The molecule has 1 saturated carbocycles. The van der Waals surface area contributed by atoms with E-state index in [9.17, 15) is 13.2 Å². The number of rotatable bonds is 5. The zero-order valence-electron chi connectivity index (χ0n) is 13.0. The van der Waals surface area contributed by atoms with Gasteiger partial charge in [-0.3, -0.25) is 4.57 Å². The number of anilines is 1. The first-order valence-corrected chi connectivity index (χ1v) is 7.82. The molecule has 1 aliphatic carbocycles. The van der Waals surface area contributed by atoms with Gasteiger partial charge in [-0.1, -0.05) is 0 Å². The van der Waals surface area contributed by atoms with Gasteiger partial charge in [-0.2, -0.15) is 8.78 Å². The van der Waals surface area contributed by atoms with Crippen LogP contribution in [0.5, 0.6) is 0 Å². The average Bonchev–Trinajstić information content (AvgIpc) is 3.30. The molecule has 0 amide bonds. The van der Waals surface area contributed by atoms with Crippen LogP contribution in [-0.4, -0.2) is 25.6 Å². The Morgan fingerprint density at radius 3 is 2.52 bits per heavy atom. The second-order valence-electron chi connectivity index (χ2n) is 5.82. The summed E-state index contributed by atoms with van der Waals surface area (Å²) in [7, 11) is 0. The van der Waals surface area contributed by atoms with Crippen molar-refractivity contribution in [1.29, 1.82) is 0 Å². The van der Waals surface area contributed by atoms with Crippen LogP contribution in [-0.2, 0) is 0 Å². The van der Waals surface area contributed by atoms with Crippen molar-refractivity contribution in [3.63, 3.8) is 0 Å². The minimum atomic E-state index is -2.77. The maximum atomic E-state index is 13.4. The predicted octanol–water partition coefficient (Wildman–Crippen LogP) is 4.12. The molecule has 0 unspecified atom stereocenters. The number of imidazole rings is 1. The molecule has 0 aliphatic heterocycles. The third-order valence-electron chi connectivity index (χ3n) is 3.93. The molecule has 0 bridgehead atoms. The molecule has 0 radical (unpaired) electrons. The van der Waals surface area contributed by atoms with Gasteiger partial charge >= 0.3 is 6.55 Å². The topological polar surface area (TPSA) is 55.6 Å². The van der Waals surface area contributed by atoms with Crippen LogP contribution in [0, 0.1) is 5.82 Å². The number of nitrogens with one attached hydrogen (secondary N) is 1. The molecule has 1 aromatic carbocycles. The Morgan fingerprint density at radius 1 is 1.08 bits per heavy atom. The van der Waals surface area contributed by atoms with Gasteiger partial charge in [0.05, 0.1) is 17.1 Å². The zero-order valence-corrected chi connectivity index (χ0v) is 13.0. The molecule has 1 fully saturated rings. The number of aromatic nitrogens is 4. The molecule has 2 aromatic heterocycles. The molecule has 1 aliphatic rings. The Hall–Kier alpha value is -2.90. The summed E-state index contributed by atoms with van der Waals surface area (Å²) in [5, 5.41) is 3.14. The molecule has 1 N–H and O–H groups in total. The van der Waals surface area contributed by atoms with Crippen molar-refractivity contribution in [2.24, 2.45) is 0 Å². The monoisotopic (exact) mass is 345 g/mol. The van der Waals surface area contributed by atoms with E-state index in [-0.39, 0.29) is 5.69 Å². The number of hydrogen-bond donors (Lipinski definition) is 1. The van der Waals surface area contributed by atoms with Gasteiger partial charge in [0.1, 0.15) is 12.1 Å². The number of benzene rings is 1. The second kappa shape index (κ2) is 6.19. The lowest BCUT2D eigenvalue weighted by atomic mass is 10.1. The highest BCUT2D eigenvalue weighted by atomic mass is 19.3. The van der Waals surface area contributed by atoms with E-state index in [1.165, 1.54) is 30.5 Å². The van der Waals surface area contributed by atoms with Gasteiger partial charge in [0.25, 0.3) is 0 Å². The summed E-state index contributed by atoms with van der Waals surface area (Å²) in [5.74, 6) is -0.0105. The van der Waals surface area contributed by atoms with E-state index < -0.39 is 12.4 Å². The van der Waals surface area contributed by atoms with Crippen LogP contribution < -0.4 is 5.32 Å². The van der Waals surface area contributed by atoms with Crippen LogP contribution in [0.3, 0.4) is 0 Å². The first-order valence-electron chi connectivity index (χ1n) is 7.82. The average molecular weight is 345 g/mol. The van der Waals surface area contributed by atoms with Crippen LogP contribution >= 0.6 is 0 Å². The van der Waals surface area contributed by atoms with Crippen LogP contribution in [0.2, 0.25) is 0 Å². The standard InChI is InChI=1S/C17H14F3N5/c18-11-3-1-10(2-4-11)14-15(25(9-22-14)16(19)20)13-7-8-21-17(24-13)23-12-5-6-12/h1-4,7-9,12,16H,5-6H2,(H,21,23,24). The Balaban J connectivity index is 1.81. The Bertz CT molecular complexity index is 888. The number of halogens is 3. The van der Waals surface area contributed by atoms with Crippen molar-refractivity contribution in [3.05, 3.63) is 48.7 Å². The summed E-state index contributed by atoms with van der Waals surface area (Å²) in [5.41, 5.74) is 1.35. The second-order valence-corrected chi connectivity index (χ2v) is 5.82. The van der Waals surface area contributed by atoms with E-state index in [1.807, 2.05) is 0 Å². The Morgan fingerprint density at radius 2 is 1.84 bits per heavy atom. The van der Waals surface area contributed by atoms with Gasteiger partial charge in [0.15, 0.2) is 0 Å². The Kier molecular flexibility index (Phi) is 3.87. The summed E-state index contributed by atoms with van der Waals surface area (Å²) in [4.78, 5) is 12.6. The van der Waals surface area contributed by atoms with Crippen molar-refractivity contribution in [3.8, 4) is 22.6 Å². The van der Waals surface area contributed by atoms with Crippen LogP contribution in [0.15, 0.2) is 42.9 Å². The minimum absolute atomic E-state index is 0.169. The molecule has 0 spiro atoms. The van der Waals surface area contributed by atoms with Crippen molar-refractivity contribution in [2.75, 3.05) is 5.32 Å². The number of nitrogens with zero attached hydrogens (tertiary/aromatic N) is 4. The molecule has 0 saturated heterocycles. The highest BCUT2D eigenvalue weighted by Crippen LogP contribution is 2.33. The quantitative estimate of drug-likeness (QED) is 0.756. The van der Waals surface area contributed by atoms with Crippen molar-refractivity contribution < 1.29 is 13.2 Å². The fourth-order valence-electron chi connectivity index (χ4n) is 2.55. The summed E-state index contributed by atoms with van der Waals surface area (Å²) in [6, 6.07) is 7.43. The van der Waals surface area contributed by atoms with Crippen molar-refractivity contribution >= 4 is 5.95 Å². The largest absolute Gasteiger partial charge is 0.351 e. The normalized spacial score (nSPS) is 14.1. The highest BCUT2D eigenvalue weighted by molar-refractivity contribution is 5.77. The minimum Gasteiger partial charge on any atom is -0.351 e. The zero-order chi connectivity index (χ0) is 17.4.